The van der Waals surface area contributed by atoms with Crippen molar-refractivity contribution in [3.05, 3.63) is 65.2 Å². The first-order chi connectivity index (χ1) is 16.4. The average molecular weight is 479 g/mol. The van der Waals surface area contributed by atoms with Crippen molar-refractivity contribution in [3.8, 4) is 16.9 Å². The summed E-state index contributed by atoms with van der Waals surface area (Å²) < 4.78 is 75.7. The Morgan fingerprint density at radius 3 is 2.21 bits per heavy atom. The van der Waals surface area contributed by atoms with E-state index in [1.807, 2.05) is 13.0 Å². The molecule has 2 heterocycles. The number of benzene rings is 2. The normalized spacial score (nSPS) is 25.6. The van der Waals surface area contributed by atoms with E-state index in [9.17, 15) is 13.2 Å². The van der Waals surface area contributed by atoms with Crippen molar-refractivity contribution in [3.63, 3.8) is 0 Å². The molecule has 0 aromatic heterocycles. The monoisotopic (exact) mass is 478 g/mol. The minimum atomic E-state index is -1.27. The molecule has 2 saturated heterocycles. The summed E-state index contributed by atoms with van der Waals surface area (Å²) in [5.74, 6) is -5.01. The van der Waals surface area contributed by atoms with Crippen molar-refractivity contribution in [1.82, 2.24) is 0 Å². The Kier molecular flexibility index (Phi) is 7.94. The molecule has 7 heteroatoms. The van der Waals surface area contributed by atoms with Crippen molar-refractivity contribution in [2.24, 2.45) is 5.92 Å². The molecule has 2 aromatic carbocycles. The summed E-state index contributed by atoms with van der Waals surface area (Å²) in [6, 6.07) is 5.16. The van der Waals surface area contributed by atoms with Crippen LogP contribution in [0.15, 0.2) is 36.4 Å². The number of allylic oxidation sites excluding steroid dienone is 1. The SMILES string of the molecule is CC=CC1CCC(C2CCC(c3ccc(-c4ccc(OCC)c(F)c4F)c(F)c3F)CO2)CO1. The van der Waals surface area contributed by atoms with Crippen LogP contribution in [0.3, 0.4) is 0 Å². The van der Waals surface area contributed by atoms with Gasteiger partial charge >= 0.3 is 0 Å². The molecular formula is C27H30F4O3. The maximum atomic E-state index is 15.0. The second kappa shape index (κ2) is 10.9. The summed E-state index contributed by atoms with van der Waals surface area (Å²) in [7, 11) is 0. The average Bonchev–Trinajstić information content (AvgIpc) is 2.85. The van der Waals surface area contributed by atoms with Gasteiger partial charge in [-0.3, -0.25) is 0 Å². The lowest BCUT2D eigenvalue weighted by atomic mass is 9.84. The lowest BCUT2D eigenvalue weighted by molar-refractivity contribution is -0.0858. The van der Waals surface area contributed by atoms with E-state index in [2.05, 4.69) is 6.08 Å². The highest BCUT2D eigenvalue weighted by Gasteiger charge is 2.33. The second-order valence-electron chi connectivity index (χ2n) is 8.88. The van der Waals surface area contributed by atoms with E-state index in [1.165, 1.54) is 24.3 Å². The van der Waals surface area contributed by atoms with Crippen LogP contribution in [0, 0.1) is 29.2 Å². The Balaban J connectivity index is 1.45. The van der Waals surface area contributed by atoms with E-state index in [4.69, 9.17) is 14.2 Å². The van der Waals surface area contributed by atoms with E-state index in [1.54, 1.807) is 6.92 Å². The van der Waals surface area contributed by atoms with Gasteiger partial charge in [-0.15, -0.1) is 0 Å². The molecule has 0 saturated carbocycles. The molecule has 34 heavy (non-hydrogen) atoms. The Labute approximate surface area is 197 Å². The van der Waals surface area contributed by atoms with E-state index in [0.717, 1.165) is 19.3 Å². The van der Waals surface area contributed by atoms with Gasteiger partial charge in [-0.1, -0.05) is 24.3 Å². The van der Waals surface area contributed by atoms with Crippen molar-refractivity contribution in [2.45, 2.75) is 57.7 Å². The first-order valence-electron chi connectivity index (χ1n) is 11.9. The van der Waals surface area contributed by atoms with Gasteiger partial charge in [0.1, 0.15) is 0 Å². The molecule has 0 radical (unpaired) electrons. The van der Waals surface area contributed by atoms with Crippen molar-refractivity contribution < 1.29 is 31.8 Å². The predicted octanol–water partition coefficient (Wildman–Crippen LogP) is 6.94. The third-order valence-corrected chi connectivity index (χ3v) is 6.78. The zero-order valence-electron chi connectivity index (χ0n) is 19.5. The molecule has 4 unspecified atom stereocenters. The fourth-order valence-electron chi connectivity index (χ4n) is 4.94. The molecule has 0 N–H and O–H groups in total. The predicted molar refractivity (Wildman–Crippen MR) is 122 cm³/mol. The Bertz CT molecular complexity index is 1020. The maximum Gasteiger partial charge on any atom is 0.201 e. The van der Waals surface area contributed by atoms with Crippen molar-refractivity contribution in [1.29, 1.82) is 0 Å². The van der Waals surface area contributed by atoms with E-state index in [-0.39, 0.29) is 53.8 Å². The highest BCUT2D eigenvalue weighted by Crippen LogP contribution is 2.38. The molecule has 2 aliphatic rings. The van der Waals surface area contributed by atoms with E-state index in [0.29, 0.717) is 18.9 Å². The molecule has 0 amide bonds. The van der Waals surface area contributed by atoms with Crippen LogP contribution in [-0.2, 0) is 9.47 Å². The lowest BCUT2D eigenvalue weighted by Crippen LogP contribution is -2.37. The first kappa shape index (κ1) is 24.7. The van der Waals surface area contributed by atoms with Gasteiger partial charge in [0.15, 0.2) is 23.2 Å². The van der Waals surface area contributed by atoms with Gasteiger partial charge in [-0.05, 0) is 57.2 Å². The molecule has 2 aliphatic heterocycles. The van der Waals surface area contributed by atoms with Gasteiger partial charge in [0.05, 0.1) is 32.0 Å². The largest absolute Gasteiger partial charge is 0.491 e. The van der Waals surface area contributed by atoms with Crippen LogP contribution in [0.1, 0.15) is 51.0 Å². The molecule has 0 bridgehead atoms. The topological polar surface area (TPSA) is 27.7 Å². The third kappa shape index (κ3) is 5.01. The van der Waals surface area contributed by atoms with Crippen LogP contribution in [0.25, 0.3) is 11.1 Å². The van der Waals surface area contributed by atoms with Gasteiger partial charge in [0.2, 0.25) is 5.82 Å². The Hall–Kier alpha value is -2.38. The summed E-state index contributed by atoms with van der Waals surface area (Å²) in [6.45, 7) is 4.68. The maximum absolute atomic E-state index is 15.0. The smallest absolute Gasteiger partial charge is 0.201 e. The van der Waals surface area contributed by atoms with Crippen LogP contribution >= 0.6 is 0 Å². The molecular weight excluding hydrogens is 448 g/mol. The number of ether oxygens (including phenoxy) is 3. The summed E-state index contributed by atoms with van der Waals surface area (Å²) in [5, 5.41) is 0. The molecule has 4 rings (SSSR count). The van der Waals surface area contributed by atoms with Crippen molar-refractivity contribution >= 4 is 0 Å². The fraction of sp³-hybridized carbons (Fsp3) is 0.481. The number of hydrogen-bond acceptors (Lipinski definition) is 3. The summed E-state index contributed by atoms with van der Waals surface area (Å²) in [5.41, 5.74) is -0.484. The Morgan fingerprint density at radius 1 is 0.853 bits per heavy atom. The zero-order chi connectivity index (χ0) is 24.2. The molecule has 2 fully saturated rings. The van der Waals surface area contributed by atoms with Crippen LogP contribution in [-0.4, -0.2) is 32.0 Å². The zero-order valence-corrected chi connectivity index (χ0v) is 19.5. The van der Waals surface area contributed by atoms with Gasteiger partial charge < -0.3 is 14.2 Å². The van der Waals surface area contributed by atoms with Crippen LogP contribution in [0.4, 0.5) is 17.6 Å². The molecule has 2 aromatic rings. The number of hydrogen-bond donors (Lipinski definition) is 0. The van der Waals surface area contributed by atoms with Gasteiger partial charge in [0.25, 0.3) is 0 Å². The summed E-state index contributed by atoms with van der Waals surface area (Å²) >= 11 is 0. The van der Waals surface area contributed by atoms with Crippen LogP contribution in [0.5, 0.6) is 5.75 Å². The highest BCUT2D eigenvalue weighted by molar-refractivity contribution is 5.66. The first-order valence-corrected chi connectivity index (χ1v) is 11.9. The van der Waals surface area contributed by atoms with Crippen LogP contribution < -0.4 is 4.74 Å². The quantitative estimate of drug-likeness (QED) is 0.332. The Morgan fingerprint density at radius 2 is 1.59 bits per heavy atom. The summed E-state index contributed by atoms with van der Waals surface area (Å²) in [6.07, 6.45) is 7.58. The highest BCUT2D eigenvalue weighted by atomic mass is 19.2. The van der Waals surface area contributed by atoms with E-state index >= 15 is 4.39 Å². The van der Waals surface area contributed by atoms with Crippen LogP contribution in [0.2, 0.25) is 0 Å². The van der Waals surface area contributed by atoms with Crippen molar-refractivity contribution in [2.75, 3.05) is 19.8 Å². The summed E-state index contributed by atoms with van der Waals surface area (Å²) in [4.78, 5) is 0. The van der Waals surface area contributed by atoms with E-state index < -0.39 is 23.3 Å². The lowest BCUT2D eigenvalue weighted by Gasteiger charge is -2.37. The van der Waals surface area contributed by atoms with Gasteiger partial charge in [0, 0.05) is 23.0 Å². The standard InChI is InChI=1S/C27H30F4O3/c1-3-5-18-8-6-17(15-33-18)22-12-7-16(14-34-22)19-9-10-20(25(29)24(19)28)21-11-13-23(32-4-2)27(31)26(21)30/h3,5,9-11,13,16-18,22H,4,6-8,12,14-15H2,1-2H3. The number of rotatable bonds is 6. The molecule has 184 valence electrons. The second-order valence-corrected chi connectivity index (χ2v) is 8.88. The minimum Gasteiger partial charge on any atom is -0.491 e. The van der Waals surface area contributed by atoms with Gasteiger partial charge in [-0.2, -0.15) is 4.39 Å². The molecule has 0 spiro atoms. The third-order valence-electron chi connectivity index (χ3n) is 6.78. The fourth-order valence-corrected chi connectivity index (χ4v) is 4.94. The van der Waals surface area contributed by atoms with Gasteiger partial charge in [-0.25, -0.2) is 13.2 Å². The molecule has 3 nitrogen and oxygen atoms in total. The molecule has 0 aliphatic carbocycles. The minimum absolute atomic E-state index is 0.0379. The number of halogens is 4. The molecule has 4 atom stereocenters.